The summed E-state index contributed by atoms with van der Waals surface area (Å²) >= 11 is 7.03. The maximum atomic E-state index is 12.9. The van der Waals surface area contributed by atoms with E-state index in [-0.39, 0.29) is 6.10 Å². The van der Waals surface area contributed by atoms with Gasteiger partial charge in [-0.3, -0.25) is 4.90 Å². The van der Waals surface area contributed by atoms with Gasteiger partial charge in [-0.1, -0.05) is 54.3 Å². The molecule has 0 aromatic heterocycles. The zero-order valence-electron chi connectivity index (χ0n) is 20.7. The highest BCUT2D eigenvalue weighted by Gasteiger charge is 2.30. The molecule has 10 heteroatoms. The van der Waals surface area contributed by atoms with Crippen LogP contribution >= 0.6 is 24.0 Å². The molecule has 0 bridgehead atoms. The normalized spacial score (nSPS) is 16.9. The Morgan fingerprint density at radius 2 is 1.72 bits per heavy atom. The van der Waals surface area contributed by atoms with Crippen LogP contribution in [0.2, 0.25) is 0 Å². The van der Waals surface area contributed by atoms with Crippen LogP contribution in [0.5, 0.6) is 5.75 Å². The lowest BCUT2D eigenvalue weighted by Gasteiger charge is -2.33. The first-order valence-electron chi connectivity index (χ1n) is 12.0. The average molecular weight is 542 g/mol. The fraction of sp³-hybridized carbons (Fsp3) is 0.500. The summed E-state index contributed by atoms with van der Waals surface area (Å²) in [6.45, 7) is 5.19. The van der Waals surface area contributed by atoms with Crippen molar-refractivity contribution in [2.24, 2.45) is 0 Å². The van der Waals surface area contributed by atoms with Crippen molar-refractivity contribution in [1.82, 2.24) is 14.7 Å². The number of halogens is 3. The summed E-state index contributed by atoms with van der Waals surface area (Å²) in [7, 11) is 4.01. The van der Waals surface area contributed by atoms with Crippen LogP contribution in [0.15, 0.2) is 54.6 Å². The maximum absolute atomic E-state index is 12.9. The van der Waals surface area contributed by atoms with E-state index in [2.05, 4.69) is 16.8 Å². The standard InChI is InChI=1S/C26H34F3N3O2S2/c1-30-14-16-32(17-15-30)18-22(33)19-36-25(35)31(2)13-12-24(20-6-4-3-5-7-20)34-23-10-8-21(9-11-23)26(27,28)29/h3-11,22,24,33H,12-19H2,1-2H3. The first kappa shape index (κ1) is 28.7. The third-order valence-electron chi connectivity index (χ3n) is 6.13. The van der Waals surface area contributed by atoms with Crippen molar-refractivity contribution >= 4 is 28.3 Å². The van der Waals surface area contributed by atoms with Crippen LogP contribution in [-0.4, -0.2) is 89.3 Å². The third-order valence-corrected chi connectivity index (χ3v) is 7.91. The van der Waals surface area contributed by atoms with Crippen molar-refractivity contribution in [2.45, 2.75) is 24.8 Å². The number of ether oxygens (including phenoxy) is 1. The molecule has 0 radical (unpaired) electrons. The molecule has 0 amide bonds. The molecule has 0 spiro atoms. The first-order chi connectivity index (χ1) is 17.1. The van der Waals surface area contributed by atoms with Crippen molar-refractivity contribution < 1.29 is 23.0 Å². The molecular weight excluding hydrogens is 507 g/mol. The Morgan fingerprint density at radius 1 is 1.08 bits per heavy atom. The summed E-state index contributed by atoms with van der Waals surface area (Å²) < 4.78 is 45.5. The molecule has 1 saturated heterocycles. The molecule has 5 nitrogen and oxygen atoms in total. The molecule has 198 valence electrons. The number of piperazine rings is 1. The fourth-order valence-electron chi connectivity index (χ4n) is 3.91. The van der Waals surface area contributed by atoms with Gasteiger partial charge in [0.15, 0.2) is 0 Å². The number of hydrogen-bond donors (Lipinski definition) is 1. The van der Waals surface area contributed by atoms with Crippen LogP contribution in [0, 0.1) is 0 Å². The summed E-state index contributed by atoms with van der Waals surface area (Å²) in [6.07, 6.45) is -4.59. The van der Waals surface area contributed by atoms with E-state index in [1.807, 2.05) is 42.3 Å². The van der Waals surface area contributed by atoms with Gasteiger partial charge in [-0.15, -0.1) is 0 Å². The summed E-state index contributed by atoms with van der Waals surface area (Å²) in [5.74, 6) is 0.906. The van der Waals surface area contributed by atoms with Crippen LogP contribution in [0.4, 0.5) is 13.2 Å². The average Bonchev–Trinajstić information content (AvgIpc) is 2.86. The van der Waals surface area contributed by atoms with Crippen molar-refractivity contribution in [3.05, 3.63) is 65.7 Å². The monoisotopic (exact) mass is 541 g/mol. The Kier molecular flexibility index (Phi) is 10.9. The highest BCUT2D eigenvalue weighted by molar-refractivity contribution is 8.22. The van der Waals surface area contributed by atoms with Crippen molar-refractivity contribution in [3.8, 4) is 5.75 Å². The van der Waals surface area contributed by atoms with Gasteiger partial charge in [-0.05, 0) is 36.9 Å². The van der Waals surface area contributed by atoms with Gasteiger partial charge < -0.3 is 19.6 Å². The molecule has 1 fully saturated rings. The second-order valence-electron chi connectivity index (χ2n) is 9.08. The van der Waals surface area contributed by atoms with Crippen LogP contribution < -0.4 is 4.74 Å². The Bertz CT molecular complexity index is 940. The molecule has 36 heavy (non-hydrogen) atoms. The van der Waals surface area contributed by atoms with E-state index in [1.54, 1.807) is 0 Å². The molecule has 3 rings (SSSR count). The fourth-order valence-corrected chi connectivity index (χ4v) is 4.96. The van der Waals surface area contributed by atoms with Crippen molar-refractivity contribution in [2.75, 3.05) is 59.1 Å². The second-order valence-corrected chi connectivity index (χ2v) is 10.7. The van der Waals surface area contributed by atoms with Crippen LogP contribution in [0.25, 0.3) is 0 Å². The molecule has 2 aromatic rings. The van der Waals surface area contributed by atoms with Gasteiger partial charge in [-0.2, -0.15) is 13.2 Å². The highest BCUT2D eigenvalue weighted by Crippen LogP contribution is 2.32. The number of rotatable bonds is 10. The number of benzene rings is 2. The third kappa shape index (κ3) is 9.23. The Morgan fingerprint density at radius 3 is 2.33 bits per heavy atom. The summed E-state index contributed by atoms with van der Waals surface area (Å²) in [4.78, 5) is 6.52. The number of aliphatic hydroxyl groups is 1. The molecular formula is C26H34F3N3O2S2. The van der Waals surface area contributed by atoms with Gasteiger partial charge in [0.1, 0.15) is 16.2 Å². The highest BCUT2D eigenvalue weighted by atomic mass is 32.2. The summed E-state index contributed by atoms with van der Waals surface area (Å²) in [5, 5.41) is 10.5. The molecule has 1 heterocycles. The Balaban J connectivity index is 1.50. The van der Waals surface area contributed by atoms with Crippen molar-refractivity contribution in [1.29, 1.82) is 0 Å². The number of alkyl halides is 3. The van der Waals surface area contributed by atoms with E-state index < -0.39 is 17.8 Å². The minimum absolute atomic E-state index is 0.346. The van der Waals surface area contributed by atoms with E-state index in [0.29, 0.717) is 35.3 Å². The van der Waals surface area contributed by atoms with Crippen LogP contribution in [0.1, 0.15) is 23.7 Å². The van der Waals surface area contributed by atoms with Gasteiger partial charge in [0, 0.05) is 58.5 Å². The lowest BCUT2D eigenvalue weighted by atomic mass is 10.1. The van der Waals surface area contributed by atoms with Crippen LogP contribution in [-0.2, 0) is 6.18 Å². The van der Waals surface area contributed by atoms with E-state index in [0.717, 1.165) is 43.9 Å². The minimum atomic E-state index is -4.38. The number of hydrogen-bond acceptors (Lipinski definition) is 6. The molecule has 1 aliphatic rings. The topological polar surface area (TPSA) is 39.2 Å². The second kappa shape index (κ2) is 13.6. The van der Waals surface area contributed by atoms with E-state index in [9.17, 15) is 18.3 Å². The molecule has 0 saturated carbocycles. The predicted molar refractivity (Wildman–Crippen MR) is 144 cm³/mol. The zero-order valence-corrected chi connectivity index (χ0v) is 22.3. The van der Waals surface area contributed by atoms with Gasteiger partial charge in [0.2, 0.25) is 0 Å². The quantitative estimate of drug-likeness (QED) is 0.435. The number of aliphatic hydroxyl groups excluding tert-OH is 1. The lowest BCUT2D eigenvalue weighted by molar-refractivity contribution is -0.137. The Labute approximate surface area is 221 Å². The first-order valence-corrected chi connectivity index (χ1v) is 13.4. The van der Waals surface area contributed by atoms with E-state index in [4.69, 9.17) is 17.0 Å². The minimum Gasteiger partial charge on any atom is -0.486 e. The maximum Gasteiger partial charge on any atom is 0.416 e. The summed E-state index contributed by atoms with van der Waals surface area (Å²) in [5.41, 5.74) is 0.231. The lowest BCUT2D eigenvalue weighted by Crippen LogP contribution is -2.47. The number of nitrogens with zero attached hydrogens (tertiary/aromatic N) is 3. The van der Waals surface area contributed by atoms with Gasteiger partial charge >= 0.3 is 6.18 Å². The van der Waals surface area contributed by atoms with Gasteiger partial charge in [0.25, 0.3) is 0 Å². The molecule has 1 aliphatic heterocycles. The Hall–Kier alpha value is -1.85. The zero-order chi connectivity index (χ0) is 26.1. The predicted octanol–water partition coefficient (Wildman–Crippen LogP) is 4.77. The van der Waals surface area contributed by atoms with Gasteiger partial charge in [0.05, 0.1) is 11.7 Å². The number of thioether (sulfide) groups is 1. The molecule has 2 atom stereocenters. The van der Waals surface area contributed by atoms with Crippen LogP contribution in [0.3, 0.4) is 0 Å². The number of β-amino-alcohol motifs (C(OH)–C–C–N with tert-alkyl or cyclic N) is 1. The van der Waals surface area contributed by atoms with Gasteiger partial charge in [-0.25, -0.2) is 0 Å². The summed E-state index contributed by atoms with van der Waals surface area (Å²) in [6, 6.07) is 14.4. The van der Waals surface area contributed by atoms with Crippen molar-refractivity contribution in [3.63, 3.8) is 0 Å². The van der Waals surface area contributed by atoms with E-state index in [1.165, 1.54) is 23.9 Å². The largest absolute Gasteiger partial charge is 0.486 e. The van der Waals surface area contributed by atoms with E-state index >= 15 is 0 Å². The molecule has 0 aliphatic carbocycles. The SMILES string of the molecule is CN1CCN(CC(O)CSC(=S)N(C)CCC(Oc2ccc(C(F)(F)F)cc2)c2ccccc2)CC1. The molecule has 2 aromatic carbocycles. The number of thiocarbonyl (C=S) groups is 1. The number of likely N-dealkylation sites (N-methyl/N-ethyl adjacent to an activating group) is 1. The molecule has 1 N–H and O–H groups in total. The molecule has 2 unspecified atom stereocenters. The smallest absolute Gasteiger partial charge is 0.416 e.